The first-order valence-electron chi connectivity index (χ1n) is 6.50. The third-order valence-electron chi connectivity index (χ3n) is 2.92. The molecule has 0 bridgehead atoms. The topological polar surface area (TPSA) is 64.3 Å². The first kappa shape index (κ1) is 15.2. The number of hydrogen-bond acceptors (Lipinski definition) is 3. The number of carbonyl (C=O) groups is 1. The quantitative estimate of drug-likeness (QED) is 0.849. The van der Waals surface area contributed by atoms with Crippen molar-refractivity contribution >= 4 is 28.9 Å². The van der Waals surface area contributed by atoms with E-state index in [0.717, 1.165) is 11.1 Å². The van der Waals surface area contributed by atoms with Gasteiger partial charge in [0.1, 0.15) is 5.75 Å². The van der Waals surface area contributed by atoms with Crippen LogP contribution < -0.4 is 15.8 Å². The van der Waals surface area contributed by atoms with E-state index in [9.17, 15) is 4.79 Å². The summed E-state index contributed by atoms with van der Waals surface area (Å²) in [5, 5.41) is 3.34. The van der Waals surface area contributed by atoms with Crippen LogP contribution in [0, 0.1) is 13.8 Å². The first-order valence-corrected chi connectivity index (χ1v) is 6.88. The zero-order valence-electron chi connectivity index (χ0n) is 11.9. The summed E-state index contributed by atoms with van der Waals surface area (Å²) in [5.74, 6) is 0.295. The molecule has 0 aliphatic rings. The summed E-state index contributed by atoms with van der Waals surface area (Å²) in [6.45, 7) is 3.76. The summed E-state index contributed by atoms with van der Waals surface area (Å²) < 4.78 is 5.52. The largest absolute Gasteiger partial charge is 0.481 e. The number of anilines is 2. The Bertz CT molecular complexity index is 631. The molecule has 110 valence electrons. The molecule has 1 amide bonds. The summed E-state index contributed by atoms with van der Waals surface area (Å²) in [6.07, 6.45) is 0. The summed E-state index contributed by atoms with van der Waals surface area (Å²) >= 11 is 5.79. The molecule has 0 saturated heterocycles. The number of hydrogen-bond donors (Lipinski definition) is 2. The molecule has 3 N–H and O–H groups in total. The predicted octanol–water partition coefficient (Wildman–Crippen LogP) is 3.56. The monoisotopic (exact) mass is 304 g/mol. The van der Waals surface area contributed by atoms with Gasteiger partial charge in [0.15, 0.2) is 6.61 Å². The maximum absolute atomic E-state index is 11.9. The van der Waals surface area contributed by atoms with E-state index in [2.05, 4.69) is 5.32 Å². The lowest BCUT2D eigenvalue weighted by Crippen LogP contribution is -2.20. The predicted molar refractivity (Wildman–Crippen MR) is 85.9 cm³/mol. The van der Waals surface area contributed by atoms with Crippen LogP contribution >= 0.6 is 11.6 Å². The SMILES string of the molecule is Cc1cc(C)c(OCC(=O)Nc2ccc(Cl)cc2)c(N)c1. The molecule has 4 nitrogen and oxygen atoms in total. The average Bonchev–Trinajstić information content (AvgIpc) is 2.40. The molecule has 0 spiro atoms. The molecule has 0 fully saturated rings. The third-order valence-corrected chi connectivity index (χ3v) is 3.18. The van der Waals surface area contributed by atoms with Gasteiger partial charge in [-0.15, -0.1) is 0 Å². The molecule has 0 aliphatic carbocycles. The van der Waals surface area contributed by atoms with E-state index < -0.39 is 0 Å². The summed E-state index contributed by atoms with van der Waals surface area (Å²) in [4.78, 5) is 11.9. The Morgan fingerprint density at radius 3 is 2.52 bits per heavy atom. The van der Waals surface area contributed by atoms with Crippen molar-refractivity contribution in [2.45, 2.75) is 13.8 Å². The third kappa shape index (κ3) is 4.13. The minimum Gasteiger partial charge on any atom is -0.481 e. The summed E-state index contributed by atoms with van der Waals surface area (Å²) in [6, 6.07) is 10.7. The van der Waals surface area contributed by atoms with Crippen LogP contribution in [0.3, 0.4) is 0 Å². The number of nitrogens with one attached hydrogen (secondary N) is 1. The van der Waals surface area contributed by atoms with Gasteiger partial charge in [-0.1, -0.05) is 17.7 Å². The number of ether oxygens (including phenoxy) is 1. The van der Waals surface area contributed by atoms with Crippen molar-refractivity contribution in [2.75, 3.05) is 17.7 Å². The van der Waals surface area contributed by atoms with E-state index in [1.165, 1.54) is 0 Å². The van der Waals surface area contributed by atoms with Crippen molar-refractivity contribution in [2.24, 2.45) is 0 Å². The lowest BCUT2D eigenvalue weighted by atomic mass is 10.1. The number of nitrogen functional groups attached to an aromatic ring is 1. The van der Waals surface area contributed by atoms with Crippen LogP contribution in [0.1, 0.15) is 11.1 Å². The fraction of sp³-hybridized carbons (Fsp3) is 0.188. The summed E-state index contributed by atoms with van der Waals surface area (Å²) in [5.41, 5.74) is 9.08. The van der Waals surface area contributed by atoms with Gasteiger partial charge in [-0.05, 0) is 55.3 Å². The van der Waals surface area contributed by atoms with E-state index in [1.54, 1.807) is 24.3 Å². The normalized spacial score (nSPS) is 10.2. The fourth-order valence-corrected chi connectivity index (χ4v) is 2.18. The molecule has 0 aliphatic heterocycles. The van der Waals surface area contributed by atoms with Gasteiger partial charge in [0.25, 0.3) is 5.91 Å². The van der Waals surface area contributed by atoms with Crippen molar-refractivity contribution in [3.8, 4) is 5.75 Å². The summed E-state index contributed by atoms with van der Waals surface area (Å²) in [7, 11) is 0. The Morgan fingerprint density at radius 2 is 1.90 bits per heavy atom. The van der Waals surface area contributed by atoms with Gasteiger partial charge in [-0.3, -0.25) is 4.79 Å². The molecule has 0 heterocycles. The van der Waals surface area contributed by atoms with Gasteiger partial charge in [0.05, 0.1) is 5.69 Å². The van der Waals surface area contributed by atoms with E-state index in [4.69, 9.17) is 22.1 Å². The molecule has 0 atom stereocenters. The highest BCUT2D eigenvalue weighted by Gasteiger charge is 2.09. The highest BCUT2D eigenvalue weighted by atomic mass is 35.5. The smallest absolute Gasteiger partial charge is 0.262 e. The van der Waals surface area contributed by atoms with Gasteiger partial charge < -0.3 is 15.8 Å². The standard InChI is InChI=1S/C16H17ClN2O2/c1-10-7-11(2)16(14(18)8-10)21-9-15(20)19-13-5-3-12(17)4-6-13/h3-8H,9,18H2,1-2H3,(H,19,20). The van der Waals surface area contributed by atoms with Crippen LogP contribution in [0.25, 0.3) is 0 Å². The molecule has 0 radical (unpaired) electrons. The number of benzene rings is 2. The maximum Gasteiger partial charge on any atom is 0.262 e. The number of rotatable bonds is 4. The average molecular weight is 305 g/mol. The minimum atomic E-state index is -0.253. The molecule has 0 saturated carbocycles. The van der Waals surface area contributed by atoms with Crippen LogP contribution in [0.2, 0.25) is 5.02 Å². The van der Waals surface area contributed by atoms with Crippen LogP contribution in [0.4, 0.5) is 11.4 Å². The zero-order valence-corrected chi connectivity index (χ0v) is 12.7. The highest BCUT2D eigenvalue weighted by molar-refractivity contribution is 6.30. The Balaban J connectivity index is 1.97. The molecule has 21 heavy (non-hydrogen) atoms. The molecule has 5 heteroatoms. The van der Waals surface area contributed by atoms with Gasteiger partial charge in [0, 0.05) is 10.7 Å². The van der Waals surface area contributed by atoms with Gasteiger partial charge in [0.2, 0.25) is 0 Å². The Kier molecular flexibility index (Phi) is 4.70. The Hall–Kier alpha value is -2.20. The van der Waals surface area contributed by atoms with Gasteiger partial charge in [-0.25, -0.2) is 0 Å². The Labute approximate surface area is 128 Å². The number of amides is 1. The second kappa shape index (κ2) is 6.50. The molecule has 0 aromatic heterocycles. The first-order chi connectivity index (χ1) is 9.95. The van der Waals surface area contributed by atoms with Crippen molar-refractivity contribution < 1.29 is 9.53 Å². The van der Waals surface area contributed by atoms with E-state index in [1.807, 2.05) is 26.0 Å². The van der Waals surface area contributed by atoms with Crippen molar-refractivity contribution in [3.05, 3.63) is 52.5 Å². The van der Waals surface area contributed by atoms with Crippen LogP contribution in [0.15, 0.2) is 36.4 Å². The molecule has 0 unspecified atom stereocenters. The highest BCUT2D eigenvalue weighted by Crippen LogP contribution is 2.27. The fourth-order valence-electron chi connectivity index (χ4n) is 2.05. The molecular formula is C16H17ClN2O2. The number of carbonyl (C=O) groups excluding carboxylic acids is 1. The number of nitrogens with two attached hydrogens (primary N) is 1. The van der Waals surface area contributed by atoms with Crippen LogP contribution in [-0.4, -0.2) is 12.5 Å². The van der Waals surface area contributed by atoms with Crippen molar-refractivity contribution in [1.82, 2.24) is 0 Å². The lowest BCUT2D eigenvalue weighted by Gasteiger charge is -2.12. The maximum atomic E-state index is 11.9. The molecule has 2 rings (SSSR count). The second-order valence-corrected chi connectivity index (χ2v) is 5.28. The van der Waals surface area contributed by atoms with E-state index in [-0.39, 0.29) is 12.5 Å². The molecule has 2 aromatic rings. The van der Waals surface area contributed by atoms with Crippen molar-refractivity contribution in [1.29, 1.82) is 0 Å². The van der Waals surface area contributed by atoms with Crippen LogP contribution in [-0.2, 0) is 4.79 Å². The van der Waals surface area contributed by atoms with Gasteiger partial charge in [-0.2, -0.15) is 0 Å². The van der Waals surface area contributed by atoms with E-state index >= 15 is 0 Å². The number of aryl methyl sites for hydroxylation is 2. The van der Waals surface area contributed by atoms with Crippen molar-refractivity contribution in [3.63, 3.8) is 0 Å². The molecular weight excluding hydrogens is 288 g/mol. The second-order valence-electron chi connectivity index (χ2n) is 4.84. The Morgan fingerprint density at radius 1 is 1.24 bits per heavy atom. The molecule has 2 aromatic carbocycles. The van der Waals surface area contributed by atoms with Gasteiger partial charge >= 0.3 is 0 Å². The minimum absolute atomic E-state index is 0.100. The van der Waals surface area contributed by atoms with E-state index in [0.29, 0.717) is 22.1 Å². The lowest BCUT2D eigenvalue weighted by molar-refractivity contribution is -0.118. The van der Waals surface area contributed by atoms with Crippen LogP contribution in [0.5, 0.6) is 5.75 Å². The number of halogens is 1. The zero-order chi connectivity index (χ0) is 15.4.